The van der Waals surface area contributed by atoms with Gasteiger partial charge in [-0.3, -0.25) is 4.79 Å². The first-order valence-corrected chi connectivity index (χ1v) is 4.72. The molecule has 2 atom stereocenters. The van der Waals surface area contributed by atoms with Gasteiger partial charge in [0.05, 0.1) is 0 Å². The Morgan fingerprint density at radius 1 is 1.80 bits per heavy atom. The second kappa shape index (κ2) is 3.72. The lowest BCUT2D eigenvalue weighted by atomic mass is 10.0. The molecule has 0 heterocycles. The van der Waals surface area contributed by atoms with E-state index in [4.69, 9.17) is 5.11 Å². The largest absolute Gasteiger partial charge is 0.480 e. The molecule has 1 N–H and O–H groups in total. The van der Waals surface area contributed by atoms with E-state index in [1.165, 1.54) is 0 Å². The number of rotatable bonds is 3. The van der Waals surface area contributed by atoms with Crippen LogP contribution in [-0.4, -0.2) is 20.2 Å². The van der Waals surface area contributed by atoms with E-state index in [-0.39, 0.29) is 4.83 Å². The van der Waals surface area contributed by atoms with E-state index < -0.39 is 10.3 Å². The smallest absolute Gasteiger partial charge is 0.321 e. The highest BCUT2D eigenvalue weighted by molar-refractivity contribution is 9.12. The summed E-state index contributed by atoms with van der Waals surface area (Å²) >= 11 is 6.40. The van der Waals surface area contributed by atoms with Crippen molar-refractivity contribution in [3.63, 3.8) is 0 Å². The molecular weight excluding hydrogens is 264 g/mol. The number of carboxylic acid groups (broad SMARTS) is 1. The van der Waals surface area contributed by atoms with E-state index in [0.717, 1.165) is 0 Å². The summed E-state index contributed by atoms with van der Waals surface area (Å²) in [6, 6.07) is 0. The molecule has 60 valence electrons. The third kappa shape index (κ3) is 1.95. The molecule has 0 saturated carbocycles. The Hall–Kier alpha value is 0.430. The van der Waals surface area contributed by atoms with Gasteiger partial charge in [-0.1, -0.05) is 45.7 Å². The number of halogens is 2. The van der Waals surface area contributed by atoms with Crippen LogP contribution in [0.1, 0.15) is 20.3 Å². The lowest BCUT2D eigenvalue weighted by molar-refractivity contribution is -0.139. The van der Waals surface area contributed by atoms with Crippen LogP contribution in [0.2, 0.25) is 0 Å². The molecule has 0 rings (SSSR count). The van der Waals surface area contributed by atoms with E-state index in [2.05, 4.69) is 31.9 Å². The fraction of sp³-hybridized carbons (Fsp3) is 0.833. The SMILES string of the molecule is CC[C@](Br)(C(=O)O)[C@@H](C)Br. The minimum Gasteiger partial charge on any atom is -0.480 e. The molecular formula is C6H10Br2O2. The Labute approximate surface area is 77.3 Å². The van der Waals surface area contributed by atoms with Crippen LogP contribution in [0.25, 0.3) is 0 Å². The second-order valence-corrected chi connectivity index (χ2v) is 4.93. The van der Waals surface area contributed by atoms with Crippen LogP contribution >= 0.6 is 31.9 Å². The standard InChI is InChI=1S/C6H10Br2O2/c1-3-6(8,4(2)7)5(9)10/h4H,3H2,1-2H3,(H,9,10)/t4-,6-/m1/s1. The average molecular weight is 274 g/mol. The zero-order valence-corrected chi connectivity index (χ0v) is 9.07. The molecule has 2 nitrogen and oxygen atoms in total. The number of hydrogen-bond acceptors (Lipinski definition) is 1. The maximum absolute atomic E-state index is 10.6. The molecule has 0 aromatic rings. The van der Waals surface area contributed by atoms with E-state index in [0.29, 0.717) is 6.42 Å². The highest BCUT2D eigenvalue weighted by Crippen LogP contribution is 2.31. The van der Waals surface area contributed by atoms with Crippen molar-refractivity contribution in [1.82, 2.24) is 0 Å². The van der Waals surface area contributed by atoms with Crippen molar-refractivity contribution >= 4 is 37.8 Å². The molecule has 0 unspecified atom stereocenters. The van der Waals surface area contributed by atoms with Crippen LogP contribution in [0.4, 0.5) is 0 Å². The van der Waals surface area contributed by atoms with Gasteiger partial charge in [0.1, 0.15) is 4.32 Å². The Balaban J connectivity index is 4.38. The van der Waals surface area contributed by atoms with Gasteiger partial charge in [-0.15, -0.1) is 0 Å². The number of carbonyl (C=O) groups is 1. The molecule has 0 aromatic carbocycles. The van der Waals surface area contributed by atoms with E-state index in [1.807, 2.05) is 13.8 Å². The zero-order valence-electron chi connectivity index (χ0n) is 5.90. The third-order valence-electron chi connectivity index (χ3n) is 1.50. The summed E-state index contributed by atoms with van der Waals surface area (Å²) in [6.45, 7) is 3.65. The zero-order chi connectivity index (χ0) is 8.36. The summed E-state index contributed by atoms with van der Waals surface area (Å²) in [6.07, 6.45) is 0.564. The molecule has 4 heteroatoms. The third-order valence-corrected chi connectivity index (χ3v) is 4.48. The van der Waals surface area contributed by atoms with Gasteiger partial charge in [0.25, 0.3) is 0 Å². The van der Waals surface area contributed by atoms with Crippen molar-refractivity contribution in [2.75, 3.05) is 0 Å². The van der Waals surface area contributed by atoms with Crippen molar-refractivity contribution in [2.45, 2.75) is 29.4 Å². The summed E-state index contributed by atoms with van der Waals surface area (Å²) < 4.78 is -0.812. The molecule has 0 aliphatic rings. The predicted molar refractivity (Wildman–Crippen MR) is 48.0 cm³/mol. The molecule has 0 aromatic heterocycles. The second-order valence-electron chi connectivity index (χ2n) is 2.14. The number of carboxylic acids is 1. The monoisotopic (exact) mass is 272 g/mol. The minimum absolute atomic E-state index is 0.0671. The van der Waals surface area contributed by atoms with E-state index in [9.17, 15) is 4.79 Å². The fourth-order valence-corrected chi connectivity index (χ4v) is 1.12. The van der Waals surface area contributed by atoms with E-state index in [1.54, 1.807) is 0 Å². The Morgan fingerprint density at radius 2 is 2.20 bits per heavy atom. The highest BCUT2D eigenvalue weighted by atomic mass is 79.9. The quantitative estimate of drug-likeness (QED) is 0.802. The first-order valence-electron chi connectivity index (χ1n) is 3.01. The Kier molecular flexibility index (Phi) is 3.88. The highest BCUT2D eigenvalue weighted by Gasteiger charge is 2.37. The first-order chi connectivity index (χ1) is 4.45. The Morgan fingerprint density at radius 3 is 2.20 bits per heavy atom. The summed E-state index contributed by atoms with van der Waals surface area (Å²) in [5.41, 5.74) is 0. The number of aliphatic carboxylic acids is 1. The van der Waals surface area contributed by atoms with Gasteiger partial charge < -0.3 is 5.11 Å². The summed E-state index contributed by atoms with van der Waals surface area (Å²) in [7, 11) is 0. The predicted octanol–water partition coefficient (Wildman–Crippen LogP) is 2.40. The summed E-state index contributed by atoms with van der Waals surface area (Å²) in [5.74, 6) is -0.820. The maximum Gasteiger partial charge on any atom is 0.321 e. The molecule has 0 bridgehead atoms. The van der Waals surface area contributed by atoms with Gasteiger partial charge in [0.15, 0.2) is 0 Å². The normalized spacial score (nSPS) is 19.6. The van der Waals surface area contributed by atoms with Gasteiger partial charge in [-0.05, 0) is 6.42 Å². The van der Waals surface area contributed by atoms with Crippen LogP contribution in [-0.2, 0) is 4.79 Å². The molecule has 0 spiro atoms. The van der Waals surface area contributed by atoms with Gasteiger partial charge in [0, 0.05) is 4.83 Å². The molecule has 0 saturated heterocycles. The van der Waals surface area contributed by atoms with Crippen molar-refractivity contribution in [3.05, 3.63) is 0 Å². The first kappa shape index (κ1) is 10.4. The molecule has 0 amide bonds. The summed E-state index contributed by atoms with van der Waals surface area (Å²) in [4.78, 5) is 10.5. The van der Waals surface area contributed by atoms with Gasteiger partial charge >= 0.3 is 5.97 Å². The van der Waals surface area contributed by atoms with E-state index >= 15 is 0 Å². The van der Waals surface area contributed by atoms with Crippen molar-refractivity contribution in [2.24, 2.45) is 0 Å². The van der Waals surface area contributed by atoms with Crippen LogP contribution in [0, 0.1) is 0 Å². The maximum atomic E-state index is 10.6. The fourth-order valence-electron chi connectivity index (χ4n) is 0.603. The topological polar surface area (TPSA) is 37.3 Å². The van der Waals surface area contributed by atoms with Gasteiger partial charge in [-0.2, -0.15) is 0 Å². The van der Waals surface area contributed by atoms with Crippen molar-refractivity contribution in [3.8, 4) is 0 Å². The van der Waals surface area contributed by atoms with Crippen LogP contribution in [0.3, 0.4) is 0 Å². The summed E-state index contributed by atoms with van der Waals surface area (Å²) in [5, 5.41) is 8.73. The number of alkyl halides is 2. The molecule has 10 heavy (non-hydrogen) atoms. The van der Waals surface area contributed by atoms with Gasteiger partial charge in [-0.25, -0.2) is 0 Å². The van der Waals surface area contributed by atoms with Crippen molar-refractivity contribution < 1.29 is 9.90 Å². The molecule has 0 aliphatic carbocycles. The minimum atomic E-state index is -0.820. The molecule has 0 aliphatic heterocycles. The molecule has 0 fully saturated rings. The Bertz CT molecular complexity index is 136. The van der Waals surface area contributed by atoms with Gasteiger partial charge in [0.2, 0.25) is 0 Å². The lowest BCUT2D eigenvalue weighted by Gasteiger charge is -2.23. The average Bonchev–Trinajstić information content (AvgIpc) is 1.85. The van der Waals surface area contributed by atoms with Crippen molar-refractivity contribution in [1.29, 1.82) is 0 Å². The van der Waals surface area contributed by atoms with Crippen LogP contribution < -0.4 is 0 Å². The van der Waals surface area contributed by atoms with Crippen LogP contribution in [0.15, 0.2) is 0 Å². The lowest BCUT2D eigenvalue weighted by Crippen LogP contribution is -2.38. The van der Waals surface area contributed by atoms with Crippen LogP contribution in [0.5, 0.6) is 0 Å². The number of hydrogen-bond donors (Lipinski definition) is 1. The molecule has 0 radical (unpaired) electrons.